The van der Waals surface area contributed by atoms with E-state index in [-0.39, 0.29) is 5.41 Å². The molecule has 31 heavy (non-hydrogen) atoms. The summed E-state index contributed by atoms with van der Waals surface area (Å²) < 4.78 is 0. The van der Waals surface area contributed by atoms with Crippen molar-refractivity contribution in [2.75, 3.05) is 5.32 Å². The molecule has 1 N–H and O–H groups in total. The fourth-order valence-corrected chi connectivity index (χ4v) is 4.26. The molecule has 0 amide bonds. The lowest BCUT2D eigenvalue weighted by molar-refractivity contribution is 0.314. The molecule has 1 saturated carbocycles. The van der Waals surface area contributed by atoms with E-state index in [9.17, 15) is 0 Å². The highest BCUT2D eigenvalue weighted by molar-refractivity contribution is 5.40. The van der Waals surface area contributed by atoms with Crippen LogP contribution in [0.4, 0.5) is 5.95 Å². The van der Waals surface area contributed by atoms with E-state index in [0.717, 1.165) is 24.5 Å². The second-order valence-corrected chi connectivity index (χ2v) is 9.13. The van der Waals surface area contributed by atoms with Crippen LogP contribution in [0.5, 0.6) is 0 Å². The second kappa shape index (κ2) is 9.31. The van der Waals surface area contributed by atoms with Gasteiger partial charge in [-0.25, -0.2) is 9.97 Å². The largest absolute Gasteiger partial charge is 0.261 e. The Morgan fingerprint density at radius 2 is 1.58 bits per heavy atom. The molecule has 3 aromatic rings. The molecule has 1 heterocycles. The van der Waals surface area contributed by atoms with Gasteiger partial charge in [-0.2, -0.15) is 5.26 Å². The van der Waals surface area contributed by atoms with Crippen LogP contribution in [-0.4, -0.2) is 9.97 Å². The van der Waals surface area contributed by atoms with Crippen molar-refractivity contribution >= 4 is 5.95 Å². The van der Waals surface area contributed by atoms with Gasteiger partial charge in [0.25, 0.3) is 0 Å². The number of nitrogens with zero attached hydrogens (tertiary/aromatic N) is 3. The highest BCUT2D eigenvalue weighted by Crippen LogP contribution is 2.33. The van der Waals surface area contributed by atoms with Gasteiger partial charge in [-0.1, -0.05) is 81.6 Å². The Morgan fingerprint density at radius 1 is 0.935 bits per heavy atom. The Bertz CT molecular complexity index is 1040. The standard InChI is InChI=1S/C27H30N4/c1-27(2,24-13-8-22(9-14-24)18-21-4-3-5-21)23-11-6-20(7-12-23)10-15-25-16-17-29-26(31-25)30-19-28/h6-9,11-14,16-17,21H,3-5,10,15,18H2,1-2H3,(H,29,30,31). The maximum Gasteiger partial charge on any atom is 0.236 e. The first-order valence-electron chi connectivity index (χ1n) is 11.2. The van der Waals surface area contributed by atoms with Gasteiger partial charge in [-0.3, -0.25) is 5.32 Å². The average Bonchev–Trinajstić information content (AvgIpc) is 2.76. The molecule has 0 radical (unpaired) electrons. The molecular weight excluding hydrogens is 380 g/mol. The molecule has 1 aliphatic carbocycles. The molecule has 1 aromatic heterocycles. The topological polar surface area (TPSA) is 61.6 Å². The molecule has 4 rings (SSSR count). The molecule has 0 aliphatic heterocycles. The first-order valence-corrected chi connectivity index (χ1v) is 11.2. The SMILES string of the molecule is CC(C)(c1ccc(CCc2ccnc(NC#N)n2)cc1)c1ccc(CC2CCC2)cc1. The van der Waals surface area contributed by atoms with Gasteiger partial charge in [0.1, 0.15) is 0 Å². The Labute approximate surface area is 185 Å². The number of rotatable bonds is 8. The molecule has 158 valence electrons. The lowest BCUT2D eigenvalue weighted by Gasteiger charge is -2.28. The number of benzene rings is 2. The average molecular weight is 411 g/mol. The number of nitrogens with one attached hydrogen (secondary N) is 1. The zero-order valence-corrected chi connectivity index (χ0v) is 18.4. The molecule has 2 aromatic carbocycles. The van der Waals surface area contributed by atoms with Crippen LogP contribution in [0.15, 0.2) is 60.8 Å². The van der Waals surface area contributed by atoms with Crippen LogP contribution >= 0.6 is 0 Å². The van der Waals surface area contributed by atoms with Crippen molar-refractivity contribution in [3.8, 4) is 6.19 Å². The second-order valence-electron chi connectivity index (χ2n) is 9.13. The quantitative estimate of drug-likeness (QED) is 0.375. The van der Waals surface area contributed by atoms with E-state index in [0.29, 0.717) is 5.95 Å². The lowest BCUT2D eigenvalue weighted by Crippen LogP contribution is -2.19. The molecule has 0 spiro atoms. The van der Waals surface area contributed by atoms with Crippen molar-refractivity contribution in [2.24, 2.45) is 5.92 Å². The highest BCUT2D eigenvalue weighted by atomic mass is 15.1. The van der Waals surface area contributed by atoms with Crippen molar-refractivity contribution < 1.29 is 0 Å². The number of nitriles is 1. The van der Waals surface area contributed by atoms with Gasteiger partial charge in [0, 0.05) is 17.3 Å². The Hall–Kier alpha value is -3.19. The molecule has 4 heteroatoms. The molecular formula is C27H30N4. The van der Waals surface area contributed by atoms with Gasteiger partial charge in [0.05, 0.1) is 0 Å². The van der Waals surface area contributed by atoms with Gasteiger partial charge in [-0.05, 0) is 53.5 Å². The minimum atomic E-state index is -0.0297. The summed E-state index contributed by atoms with van der Waals surface area (Å²) in [5.74, 6) is 1.26. The van der Waals surface area contributed by atoms with Crippen molar-refractivity contribution in [1.29, 1.82) is 5.26 Å². The molecule has 0 unspecified atom stereocenters. The highest BCUT2D eigenvalue weighted by Gasteiger charge is 2.23. The van der Waals surface area contributed by atoms with E-state index in [1.807, 2.05) is 12.3 Å². The number of hydrogen-bond donors (Lipinski definition) is 1. The van der Waals surface area contributed by atoms with Gasteiger partial charge < -0.3 is 0 Å². The first kappa shape index (κ1) is 21.1. The van der Waals surface area contributed by atoms with Gasteiger partial charge in [0.15, 0.2) is 6.19 Å². The van der Waals surface area contributed by atoms with Gasteiger partial charge >= 0.3 is 0 Å². The summed E-state index contributed by atoms with van der Waals surface area (Å²) in [6, 6.07) is 20.1. The molecule has 0 bridgehead atoms. The summed E-state index contributed by atoms with van der Waals surface area (Å²) in [4.78, 5) is 8.40. The Kier molecular flexibility index (Phi) is 6.32. The summed E-state index contributed by atoms with van der Waals surface area (Å²) in [6.45, 7) is 4.60. The Morgan fingerprint density at radius 3 is 2.16 bits per heavy atom. The molecule has 0 atom stereocenters. The minimum Gasteiger partial charge on any atom is -0.261 e. The summed E-state index contributed by atoms with van der Waals surface area (Å²) in [6.07, 6.45) is 10.7. The lowest BCUT2D eigenvalue weighted by atomic mass is 9.76. The fraction of sp³-hybridized carbons (Fsp3) is 0.370. The van der Waals surface area contributed by atoms with Crippen molar-refractivity contribution in [3.05, 3.63) is 88.7 Å². The monoisotopic (exact) mass is 410 g/mol. The van der Waals surface area contributed by atoms with Gasteiger partial charge in [0.2, 0.25) is 5.95 Å². The maximum absolute atomic E-state index is 8.71. The van der Waals surface area contributed by atoms with E-state index in [1.54, 1.807) is 6.20 Å². The summed E-state index contributed by atoms with van der Waals surface area (Å²) in [5, 5.41) is 11.2. The number of hydrogen-bond acceptors (Lipinski definition) is 4. The zero-order chi connectivity index (χ0) is 21.7. The molecule has 0 saturated heterocycles. The van der Waals surface area contributed by atoms with Crippen LogP contribution in [0.25, 0.3) is 0 Å². The predicted molar refractivity (Wildman–Crippen MR) is 125 cm³/mol. The Balaban J connectivity index is 1.39. The third-order valence-electron chi connectivity index (χ3n) is 6.65. The number of anilines is 1. The first-order chi connectivity index (χ1) is 15.0. The van der Waals surface area contributed by atoms with E-state index < -0.39 is 0 Å². The fourth-order valence-electron chi connectivity index (χ4n) is 4.26. The van der Waals surface area contributed by atoms with Crippen molar-refractivity contribution in [2.45, 2.75) is 57.8 Å². The summed E-state index contributed by atoms with van der Waals surface area (Å²) >= 11 is 0. The predicted octanol–water partition coefficient (Wildman–Crippen LogP) is 5.82. The third-order valence-corrected chi connectivity index (χ3v) is 6.65. The van der Waals surface area contributed by atoms with E-state index >= 15 is 0 Å². The van der Waals surface area contributed by atoms with Crippen LogP contribution in [0.2, 0.25) is 0 Å². The smallest absolute Gasteiger partial charge is 0.236 e. The molecule has 1 fully saturated rings. The van der Waals surface area contributed by atoms with Crippen LogP contribution in [0.3, 0.4) is 0 Å². The van der Waals surface area contributed by atoms with Crippen molar-refractivity contribution in [1.82, 2.24) is 9.97 Å². The third kappa shape index (κ3) is 5.11. The molecule has 1 aliphatic rings. The number of aromatic nitrogens is 2. The van der Waals surface area contributed by atoms with Crippen LogP contribution in [0, 0.1) is 17.4 Å². The van der Waals surface area contributed by atoms with Crippen LogP contribution in [0.1, 0.15) is 61.1 Å². The summed E-state index contributed by atoms with van der Waals surface area (Å²) in [5.41, 5.74) is 6.33. The van der Waals surface area contributed by atoms with E-state index in [4.69, 9.17) is 5.26 Å². The van der Waals surface area contributed by atoms with Crippen molar-refractivity contribution in [3.63, 3.8) is 0 Å². The van der Waals surface area contributed by atoms with Gasteiger partial charge in [-0.15, -0.1) is 0 Å². The molecule has 4 nitrogen and oxygen atoms in total. The van der Waals surface area contributed by atoms with E-state index in [2.05, 4.69) is 77.7 Å². The number of aryl methyl sites for hydroxylation is 2. The minimum absolute atomic E-state index is 0.0297. The van der Waals surface area contributed by atoms with Crippen LogP contribution < -0.4 is 5.32 Å². The zero-order valence-electron chi connectivity index (χ0n) is 18.4. The summed E-state index contributed by atoms with van der Waals surface area (Å²) in [7, 11) is 0. The van der Waals surface area contributed by atoms with E-state index in [1.165, 1.54) is 47.9 Å². The maximum atomic E-state index is 8.71. The van der Waals surface area contributed by atoms with Crippen LogP contribution in [-0.2, 0) is 24.7 Å². The normalized spacial score (nSPS) is 14.0.